The average Bonchev–Trinajstić information content (AvgIpc) is 2.68. The van der Waals surface area contributed by atoms with E-state index in [0.717, 1.165) is 31.5 Å². The first-order chi connectivity index (χ1) is 13.0. The largest absolute Gasteiger partial charge is 0.484 e. The molecule has 2 aromatic rings. The third kappa shape index (κ3) is 5.33. The van der Waals surface area contributed by atoms with E-state index in [1.54, 1.807) is 24.3 Å². The maximum atomic E-state index is 12.7. The summed E-state index contributed by atoms with van der Waals surface area (Å²) in [6, 6.07) is 14.6. The van der Waals surface area contributed by atoms with Gasteiger partial charge in [-0.05, 0) is 56.0 Å². The molecule has 0 saturated carbocycles. The number of hydrogen-bond donors (Lipinski definition) is 1. The number of hydrogen-bond acceptors (Lipinski definition) is 3. The molecule has 5 heteroatoms. The number of nitrogens with zero attached hydrogens (tertiary/aromatic N) is 1. The molecule has 3 rings (SSSR count). The van der Waals surface area contributed by atoms with E-state index in [1.165, 1.54) is 0 Å². The molecule has 1 aliphatic rings. The zero-order chi connectivity index (χ0) is 19.2. The molecule has 0 bridgehead atoms. The van der Waals surface area contributed by atoms with Gasteiger partial charge >= 0.3 is 0 Å². The van der Waals surface area contributed by atoms with E-state index >= 15 is 0 Å². The van der Waals surface area contributed by atoms with Gasteiger partial charge in [0.1, 0.15) is 5.75 Å². The zero-order valence-corrected chi connectivity index (χ0v) is 15.9. The minimum absolute atomic E-state index is 0.0221. The number of carbonyl (C=O) groups excluding carboxylic acids is 2. The van der Waals surface area contributed by atoms with Crippen molar-refractivity contribution in [1.29, 1.82) is 0 Å². The number of nitrogens with one attached hydrogen (secondary N) is 1. The van der Waals surface area contributed by atoms with Crippen molar-refractivity contribution < 1.29 is 14.3 Å². The van der Waals surface area contributed by atoms with Crippen LogP contribution < -0.4 is 10.1 Å². The minimum atomic E-state index is -0.257. The van der Waals surface area contributed by atoms with Crippen molar-refractivity contribution >= 4 is 17.5 Å². The molecule has 0 aromatic heterocycles. The Morgan fingerprint density at radius 2 is 1.81 bits per heavy atom. The van der Waals surface area contributed by atoms with Crippen LogP contribution in [0, 0.1) is 12.8 Å². The number of anilines is 1. The van der Waals surface area contributed by atoms with Crippen LogP contribution in [0.5, 0.6) is 5.75 Å². The van der Waals surface area contributed by atoms with Gasteiger partial charge < -0.3 is 15.0 Å². The van der Waals surface area contributed by atoms with Crippen LogP contribution in [-0.2, 0) is 4.79 Å². The first-order valence-corrected chi connectivity index (χ1v) is 9.40. The van der Waals surface area contributed by atoms with Gasteiger partial charge in [-0.1, -0.05) is 30.7 Å². The molecule has 2 aromatic carbocycles. The van der Waals surface area contributed by atoms with E-state index < -0.39 is 0 Å². The molecule has 5 nitrogen and oxygen atoms in total. The second-order valence-corrected chi connectivity index (χ2v) is 7.21. The summed E-state index contributed by atoms with van der Waals surface area (Å²) in [7, 11) is 0. The Hall–Kier alpha value is -2.82. The third-order valence-electron chi connectivity index (χ3n) is 4.86. The molecular weight excluding hydrogens is 340 g/mol. The van der Waals surface area contributed by atoms with Crippen LogP contribution >= 0.6 is 0 Å². The minimum Gasteiger partial charge on any atom is -0.484 e. The maximum absolute atomic E-state index is 12.7. The summed E-state index contributed by atoms with van der Waals surface area (Å²) < 4.78 is 5.49. The van der Waals surface area contributed by atoms with Crippen LogP contribution in [0.2, 0.25) is 0 Å². The van der Waals surface area contributed by atoms with Crippen molar-refractivity contribution in [3.8, 4) is 5.75 Å². The number of piperidine rings is 1. The molecular formula is C22H26N2O3. The van der Waals surface area contributed by atoms with Crippen LogP contribution in [0.1, 0.15) is 35.7 Å². The highest BCUT2D eigenvalue weighted by atomic mass is 16.5. The van der Waals surface area contributed by atoms with Gasteiger partial charge in [-0.15, -0.1) is 0 Å². The zero-order valence-electron chi connectivity index (χ0n) is 15.9. The topological polar surface area (TPSA) is 58.6 Å². The summed E-state index contributed by atoms with van der Waals surface area (Å²) >= 11 is 0. The van der Waals surface area contributed by atoms with E-state index in [4.69, 9.17) is 4.74 Å². The van der Waals surface area contributed by atoms with E-state index in [2.05, 4.69) is 12.2 Å². The van der Waals surface area contributed by atoms with Crippen molar-refractivity contribution in [2.24, 2.45) is 5.92 Å². The lowest BCUT2D eigenvalue weighted by molar-refractivity contribution is -0.118. The average molecular weight is 366 g/mol. The van der Waals surface area contributed by atoms with Crippen molar-refractivity contribution in [3.63, 3.8) is 0 Å². The monoisotopic (exact) mass is 366 g/mol. The van der Waals surface area contributed by atoms with Crippen molar-refractivity contribution in [2.75, 3.05) is 25.0 Å². The van der Waals surface area contributed by atoms with Gasteiger partial charge in [0.25, 0.3) is 11.8 Å². The molecule has 0 spiro atoms. The van der Waals surface area contributed by atoms with Crippen LogP contribution in [0.15, 0.2) is 48.5 Å². The second kappa shape index (κ2) is 8.71. The van der Waals surface area contributed by atoms with Crippen LogP contribution in [-0.4, -0.2) is 36.4 Å². The first kappa shape index (κ1) is 19.0. The van der Waals surface area contributed by atoms with Gasteiger partial charge in [0.2, 0.25) is 0 Å². The SMILES string of the molecule is Cc1ccc(OCC(=O)Nc2cccc(C(=O)N3CCC(C)CC3)c2)cc1. The number of amides is 2. The fourth-order valence-corrected chi connectivity index (χ4v) is 3.10. The summed E-state index contributed by atoms with van der Waals surface area (Å²) in [5.41, 5.74) is 2.34. The smallest absolute Gasteiger partial charge is 0.262 e. The Kier molecular flexibility index (Phi) is 6.12. The number of carbonyl (C=O) groups is 2. The van der Waals surface area contributed by atoms with E-state index in [-0.39, 0.29) is 18.4 Å². The van der Waals surface area contributed by atoms with Gasteiger partial charge in [-0.25, -0.2) is 0 Å². The Morgan fingerprint density at radius 1 is 1.11 bits per heavy atom. The van der Waals surface area contributed by atoms with Crippen LogP contribution in [0.4, 0.5) is 5.69 Å². The second-order valence-electron chi connectivity index (χ2n) is 7.21. The Labute approximate surface area is 160 Å². The normalized spacial score (nSPS) is 14.7. The molecule has 0 atom stereocenters. The fourth-order valence-electron chi connectivity index (χ4n) is 3.10. The molecule has 142 valence electrons. The summed E-state index contributed by atoms with van der Waals surface area (Å²) in [5.74, 6) is 1.09. The predicted molar refractivity (Wildman–Crippen MR) is 106 cm³/mol. The maximum Gasteiger partial charge on any atom is 0.262 e. The van der Waals surface area contributed by atoms with E-state index in [1.807, 2.05) is 36.1 Å². The van der Waals surface area contributed by atoms with Crippen molar-refractivity contribution in [3.05, 3.63) is 59.7 Å². The quantitative estimate of drug-likeness (QED) is 0.873. The molecule has 1 aliphatic heterocycles. The number of likely N-dealkylation sites (tertiary alicyclic amines) is 1. The van der Waals surface area contributed by atoms with Gasteiger partial charge in [-0.3, -0.25) is 9.59 Å². The highest BCUT2D eigenvalue weighted by Gasteiger charge is 2.21. The van der Waals surface area contributed by atoms with Gasteiger partial charge in [0.15, 0.2) is 6.61 Å². The lowest BCUT2D eigenvalue weighted by atomic mass is 9.98. The summed E-state index contributed by atoms with van der Waals surface area (Å²) in [4.78, 5) is 26.7. The number of benzene rings is 2. The lowest BCUT2D eigenvalue weighted by Crippen LogP contribution is -2.37. The third-order valence-corrected chi connectivity index (χ3v) is 4.86. The molecule has 1 heterocycles. The number of aryl methyl sites for hydroxylation is 1. The van der Waals surface area contributed by atoms with Gasteiger partial charge in [0.05, 0.1) is 0 Å². The standard InChI is InChI=1S/C22H26N2O3/c1-16-6-8-20(9-7-16)27-15-21(25)23-19-5-3-4-18(14-19)22(26)24-12-10-17(2)11-13-24/h3-9,14,17H,10-13,15H2,1-2H3,(H,23,25). The van der Waals surface area contributed by atoms with Crippen molar-refractivity contribution in [2.45, 2.75) is 26.7 Å². The predicted octanol–water partition coefficient (Wildman–Crippen LogP) is 3.88. The lowest BCUT2D eigenvalue weighted by Gasteiger charge is -2.30. The van der Waals surface area contributed by atoms with Crippen LogP contribution in [0.25, 0.3) is 0 Å². The van der Waals surface area contributed by atoms with Gasteiger partial charge in [-0.2, -0.15) is 0 Å². The molecule has 0 aliphatic carbocycles. The van der Waals surface area contributed by atoms with E-state index in [9.17, 15) is 9.59 Å². The highest BCUT2D eigenvalue weighted by molar-refractivity contribution is 5.97. The summed E-state index contributed by atoms with van der Waals surface area (Å²) in [6.45, 7) is 5.72. The van der Waals surface area contributed by atoms with Crippen LogP contribution in [0.3, 0.4) is 0 Å². The first-order valence-electron chi connectivity index (χ1n) is 9.40. The number of ether oxygens (including phenoxy) is 1. The molecule has 1 saturated heterocycles. The summed E-state index contributed by atoms with van der Waals surface area (Å²) in [5, 5.41) is 2.79. The summed E-state index contributed by atoms with van der Waals surface area (Å²) in [6.07, 6.45) is 2.08. The molecule has 2 amide bonds. The Morgan fingerprint density at radius 3 is 2.52 bits per heavy atom. The fraction of sp³-hybridized carbons (Fsp3) is 0.364. The molecule has 1 N–H and O–H groups in total. The Bertz CT molecular complexity index is 793. The molecule has 27 heavy (non-hydrogen) atoms. The Balaban J connectivity index is 1.55. The van der Waals surface area contributed by atoms with Crippen molar-refractivity contribution in [1.82, 2.24) is 4.90 Å². The van der Waals surface area contributed by atoms with E-state index in [0.29, 0.717) is 22.9 Å². The molecule has 0 unspecified atom stereocenters. The van der Waals surface area contributed by atoms with Gasteiger partial charge in [0, 0.05) is 24.3 Å². The highest BCUT2D eigenvalue weighted by Crippen LogP contribution is 2.20. The number of rotatable bonds is 5. The molecule has 0 radical (unpaired) electrons. The molecule has 1 fully saturated rings.